The SMILES string of the molecule is Cc1cc(CN2CCc3c(-c4cccc(C(=O)O)c4)ccc(CNC(=O)[C@H]4C[C@@H]4c4ccccc4)c3C2)c(C)n1C1CC1. The van der Waals surface area contributed by atoms with Gasteiger partial charge in [-0.2, -0.15) is 0 Å². The molecule has 2 heterocycles. The summed E-state index contributed by atoms with van der Waals surface area (Å²) in [5.74, 6) is -0.446. The van der Waals surface area contributed by atoms with Crippen molar-refractivity contribution >= 4 is 11.9 Å². The molecule has 0 unspecified atom stereocenters. The Labute approximate surface area is 253 Å². The maximum Gasteiger partial charge on any atom is 0.335 e. The van der Waals surface area contributed by atoms with Gasteiger partial charge in [0.2, 0.25) is 5.91 Å². The van der Waals surface area contributed by atoms with Gasteiger partial charge >= 0.3 is 5.97 Å². The molecular formula is C37H39N3O3. The monoisotopic (exact) mass is 573 g/mol. The zero-order valence-electron chi connectivity index (χ0n) is 25.0. The lowest BCUT2D eigenvalue weighted by Crippen LogP contribution is -2.33. The van der Waals surface area contributed by atoms with Crippen LogP contribution in [0.3, 0.4) is 0 Å². The van der Waals surface area contributed by atoms with Gasteiger partial charge in [-0.1, -0.05) is 54.6 Å². The van der Waals surface area contributed by atoms with E-state index in [9.17, 15) is 14.7 Å². The van der Waals surface area contributed by atoms with Crippen LogP contribution in [-0.4, -0.2) is 33.0 Å². The molecule has 2 fully saturated rings. The van der Waals surface area contributed by atoms with Crippen LogP contribution in [0.15, 0.2) is 72.8 Å². The van der Waals surface area contributed by atoms with Crippen molar-refractivity contribution in [2.75, 3.05) is 6.54 Å². The maximum atomic E-state index is 13.2. The van der Waals surface area contributed by atoms with Crippen LogP contribution in [0.2, 0.25) is 0 Å². The minimum Gasteiger partial charge on any atom is -0.478 e. The van der Waals surface area contributed by atoms with Crippen molar-refractivity contribution in [1.29, 1.82) is 0 Å². The van der Waals surface area contributed by atoms with Crippen molar-refractivity contribution < 1.29 is 14.7 Å². The number of fused-ring (bicyclic) bond motifs is 1. The first-order chi connectivity index (χ1) is 20.9. The number of carboxylic acid groups (broad SMARTS) is 1. The standard InChI is InChI=1S/C37H39N3O3/c1-23-17-29(24(2)40(23)30-12-13-30)21-39-16-15-32-31(26-9-6-10-27(18-26)37(42)43)14-11-28(35(32)22-39)20-38-36(41)34-19-33(34)25-7-4-3-5-8-25/h3-11,14,17-18,30,33-34H,12-13,15-16,19-22H2,1-2H3,(H,38,41)(H,42,43)/t33-,34+/m1/s1. The van der Waals surface area contributed by atoms with Gasteiger partial charge in [0.1, 0.15) is 0 Å². The predicted molar refractivity (Wildman–Crippen MR) is 168 cm³/mol. The molecule has 43 heavy (non-hydrogen) atoms. The molecule has 2 N–H and O–H groups in total. The highest BCUT2D eigenvalue weighted by Gasteiger charge is 2.43. The number of nitrogens with zero attached hydrogens (tertiary/aromatic N) is 2. The van der Waals surface area contributed by atoms with Gasteiger partial charge in [0.05, 0.1) is 5.56 Å². The Morgan fingerprint density at radius 2 is 1.74 bits per heavy atom. The first-order valence-corrected chi connectivity index (χ1v) is 15.6. The molecule has 1 aromatic heterocycles. The van der Waals surface area contributed by atoms with Gasteiger partial charge in [0.25, 0.3) is 0 Å². The minimum atomic E-state index is -0.918. The molecule has 2 atom stereocenters. The van der Waals surface area contributed by atoms with Crippen LogP contribution in [-0.2, 0) is 30.8 Å². The molecule has 0 radical (unpaired) electrons. The fourth-order valence-corrected chi connectivity index (χ4v) is 7.20. The van der Waals surface area contributed by atoms with Crippen LogP contribution < -0.4 is 5.32 Å². The number of amides is 1. The molecule has 0 bridgehead atoms. The second-order valence-corrected chi connectivity index (χ2v) is 12.7. The van der Waals surface area contributed by atoms with E-state index in [0.717, 1.165) is 49.2 Å². The molecule has 2 saturated carbocycles. The zero-order chi connectivity index (χ0) is 29.7. The van der Waals surface area contributed by atoms with E-state index in [-0.39, 0.29) is 11.8 Å². The second-order valence-electron chi connectivity index (χ2n) is 12.7. The van der Waals surface area contributed by atoms with Gasteiger partial charge in [0, 0.05) is 49.5 Å². The predicted octanol–water partition coefficient (Wildman–Crippen LogP) is 6.78. The quantitative estimate of drug-likeness (QED) is 0.231. The van der Waals surface area contributed by atoms with Crippen LogP contribution >= 0.6 is 0 Å². The summed E-state index contributed by atoms with van der Waals surface area (Å²) in [6.45, 7) is 7.61. The normalized spacial score (nSPS) is 19.6. The summed E-state index contributed by atoms with van der Waals surface area (Å²) in [4.78, 5) is 27.4. The lowest BCUT2D eigenvalue weighted by atomic mass is 9.87. The highest BCUT2D eigenvalue weighted by atomic mass is 16.4. The molecule has 6 nitrogen and oxygen atoms in total. The third-order valence-electron chi connectivity index (χ3n) is 9.71. The molecule has 3 aromatic carbocycles. The number of hydrogen-bond donors (Lipinski definition) is 2. The number of carbonyl (C=O) groups excluding carboxylic acids is 1. The summed E-state index contributed by atoms with van der Waals surface area (Å²) < 4.78 is 2.52. The van der Waals surface area contributed by atoms with E-state index in [4.69, 9.17) is 0 Å². The fraction of sp³-hybridized carbons (Fsp3) is 0.351. The van der Waals surface area contributed by atoms with Crippen LogP contribution in [0.4, 0.5) is 0 Å². The van der Waals surface area contributed by atoms with Crippen molar-refractivity contribution in [2.24, 2.45) is 5.92 Å². The van der Waals surface area contributed by atoms with E-state index >= 15 is 0 Å². The van der Waals surface area contributed by atoms with E-state index in [1.54, 1.807) is 12.1 Å². The molecule has 0 spiro atoms. The van der Waals surface area contributed by atoms with E-state index in [0.29, 0.717) is 24.1 Å². The first-order valence-electron chi connectivity index (χ1n) is 15.6. The summed E-state index contributed by atoms with van der Waals surface area (Å²) in [7, 11) is 0. The highest BCUT2D eigenvalue weighted by Crippen LogP contribution is 2.47. The molecule has 6 heteroatoms. The van der Waals surface area contributed by atoms with Crippen molar-refractivity contribution in [1.82, 2.24) is 14.8 Å². The Morgan fingerprint density at radius 1 is 0.930 bits per heavy atom. The smallest absolute Gasteiger partial charge is 0.335 e. The number of aromatic carboxylic acids is 1. The Hall–Kier alpha value is -4.16. The largest absolute Gasteiger partial charge is 0.478 e. The molecule has 2 aliphatic carbocycles. The first kappa shape index (κ1) is 27.7. The summed E-state index contributed by atoms with van der Waals surface area (Å²) >= 11 is 0. The third-order valence-corrected chi connectivity index (χ3v) is 9.71. The number of carbonyl (C=O) groups is 2. The average Bonchev–Trinajstić information content (AvgIpc) is 3.95. The summed E-state index contributed by atoms with van der Waals surface area (Å²) in [5, 5.41) is 12.9. The number of hydrogen-bond acceptors (Lipinski definition) is 3. The van der Waals surface area contributed by atoms with Gasteiger partial charge in [-0.3, -0.25) is 9.69 Å². The Balaban J connectivity index is 1.15. The summed E-state index contributed by atoms with van der Waals surface area (Å²) in [6.07, 6.45) is 4.34. The van der Waals surface area contributed by atoms with Crippen molar-refractivity contribution in [3.05, 3.63) is 118 Å². The van der Waals surface area contributed by atoms with Crippen molar-refractivity contribution in [3.8, 4) is 11.1 Å². The summed E-state index contributed by atoms with van der Waals surface area (Å²) in [6, 6.07) is 24.8. The van der Waals surface area contributed by atoms with Crippen molar-refractivity contribution in [2.45, 2.75) is 71.1 Å². The van der Waals surface area contributed by atoms with Gasteiger partial charge < -0.3 is 15.0 Å². The maximum absolute atomic E-state index is 13.2. The zero-order valence-corrected chi connectivity index (χ0v) is 25.0. The van der Waals surface area contributed by atoms with E-state index in [1.165, 1.54) is 46.5 Å². The topological polar surface area (TPSA) is 74.6 Å². The highest BCUT2D eigenvalue weighted by molar-refractivity contribution is 5.89. The van der Waals surface area contributed by atoms with Crippen molar-refractivity contribution in [3.63, 3.8) is 0 Å². The van der Waals surface area contributed by atoms with E-state index in [1.807, 2.05) is 30.3 Å². The number of nitrogens with one attached hydrogen (secondary N) is 1. The Bertz CT molecular complexity index is 1700. The molecule has 1 aliphatic heterocycles. The van der Waals surface area contributed by atoms with Crippen LogP contribution in [0.5, 0.6) is 0 Å². The van der Waals surface area contributed by atoms with Gasteiger partial charge in [-0.15, -0.1) is 0 Å². The van der Waals surface area contributed by atoms with Crippen LogP contribution in [0.1, 0.15) is 80.8 Å². The number of aromatic nitrogens is 1. The minimum absolute atomic E-state index is 0.0366. The molecule has 1 amide bonds. The van der Waals surface area contributed by atoms with Crippen LogP contribution in [0, 0.1) is 19.8 Å². The Morgan fingerprint density at radius 3 is 2.51 bits per heavy atom. The average molecular weight is 574 g/mol. The summed E-state index contributed by atoms with van der Waals surface area (Å²) in [5.41, 5.74) is 11.4. The van der Waals surface area contributed by atoms with Gasteiger partial charge in [0.15, 0.2) is 0 Å². The number of rotatable bonds is 9. The molecule has 7 rings (SSSR count). The fourth-order valence-electron chi connectivity index (χ4n) is 7.20. The third kappa shape index (κ3) is 5.52. The van der Waals surface area contributed by atoms with Gasteiger partial charge in [-0.05, 0) is 103 Å². The number of carboxylic acids is 1. The second kappa shape index (κ2) is 11.2. The lowest BCUT2D eigenvalue weighted by molar-refractivity contribution is -0.122. The lowest BCUT2D eigenvalue weighted by Gasteiger charge is -2.32. The van der Waals surface area contributed by atoms with E-state index < -0.39 is 5.97 Å². The number of benzene rings is 3. The van der Waals surface area contributed by atoms with Crippen LogP contribution in [0.25, 0.3) is 11.1 Å². The molecule has 4 aromatic rings. The molecule has 0 saturated heterocycles. The Kier molecular flexibility index (Phi) is 7.18. The number of aryl methyl sites for hydroxylation is 1. The van der Waals surface area contributed by atoms with Gasteiger partial charge in [-0.25, -0.2) is 4.79 Å². The molecular weight excluding hydrogens is 534 g/mol. The molecule has 220 valence electrons. The molecule has 3 aliphatic rings. The van der Waals surface area contributed by atoms with E-state index in [2.05, 4.69) is 59.0 Å².